The lowest BCUT2D eigenvalue weighted by molar-refractivity contribution is 0.797. The lowest BCUT2D eigenvalue weighted by Gasteiger charge is -2.06. The molecule has 0 spiro atoms. The molecule has 0 atom stereocenters. The van der Waals surface area contributed by atoms with Crippen molar-refractivity contribution in [2.45, 2.75) is 12.3 Å². The summed E-state index contributed by atoms with van der Waals surface area (Å²) in [6.07, 6.45) is 1.86. The van der Waals surface area contributed by atoms with Crippen molar-refractivity contribution in [2.24, 2.45) is 0 Å². The molecule has 16 heavy (non-hydrogen) atoms. The van der Waals surface area contributed by atoms with E-state index in [0.29, 0.717) is 10.4 Å². The van der Waals surface area contributed by atoms with E-state index in [1.54, 1.807) is 4.68 Å². The Morgan fingerprint density at radius 3 is 2.81 bits per heavy atom. The number of aromatic nitrogens is 3. The molecule has 0 saturated carbocycles. The Morgan fingerprint density at radius 1 is 1.44 bits per heavy atom. The average molecular weight is 365 g/mol. The van der Waals surface area contributed by atoms with Crippen LogP contribution in [0.3, 0.4) is 0 Å². The van der Waals surface area contributed by atoms with Crippen LogP contribution >= 0.6 is 43.5 Å². The number of nitrogens with zero attached hydrogens (tertiary/aromatic N) is 3. The van der Waals surface area contributed by atoms with E-state index in [0.717, 1.165) is 21.4 Å². The molecule has 2 rings (SSSR count). The average Bonchev–Trinajstić information content (AvgIpc) is 2.71. The fourth-order valence-corrected chi connectivity index (χ4v) is 2.34. The Kier molecular flexibility index (Phi) is 3.66. The normalized spacial score (nSPS) is 10.8. The minimum absolute atomic E-state index is 0.685. The van der Waals surface area contributed by atoms with Crippen molar-refractivity contribution < 1.29 is 0 Å². The van der Waals surface area contributed by atoms with Gasteiger partial charge in [-0.15, -0.1) is 5.10 Å². The van der Waals surface area contributed by atoms with Gasteiger partial charge in [0, 0.05) is 14.8 Å². The molecule has 0 fully saturated rings. The predicted octanol–water partition coefficient (Wildman–Crippen LogP) is 3.89. The Morgan fingerprint density at radius 2 is 2.19 bits per heavy atom. The number of benzene rings is 1. The Balaban J connectivity index is 2.51. The maximum Gasteiger partial charge on any atom is 0.0937 e. The fourth-order valence-electron chi connectivity index (χ4n) is 1.29. The van der Waals surface area contributed by atoms with Crippen LogP contribution in [0.4, 0.5) is 0 Å². The summed E-state index contributed by atoms with van der Waals surface area (Å²) in [6.45, 7) is 1.96. The third-order valence-electron chi connectivity index (χ3n) is 2.15. The van der Waals surface area contributed by atoms with Crippen LogP contribution in [0.2, 0.25) is 5.02 Å². The molecule has 1 aromatic carbocycles. The zero-order valence-corrected chi connectivity index (χ0v) is 12.3. The highest BCUT2D eigenvalue weighted by molar-refractivity contribution is 9.10. The van der Waals surface area contributed by atoms with Crippen molar-refractivity contribution >= 4 is 43.5 Å². The van der Waals surface area contributed by atoms with Crippen LogP contribution in [0.1, 0.15) is 11.3 Å². The maximum atomic E-state index is 6.08. The number of hydrogen-bond donors (Lipinski definition) is 0. The molecule has 0 N–H and O–H groups in total. The Hall–Kier alpha value is -0.390. The number of halogens is 3. The smallest absolute Gasteiger partial charge is 0.0937 e. The van der Waals surface area contributed by atoms with Crippen molar-refractivity contribution in [3.63, 3.8) is 0 Å². The van der Waals surface area contributed by atoms with E-state index in [9.17, 15) is 0 Å². The molecule has 3 nitrogen and oxygen atoms in total. The molecular formula is C10H8Br2ClN3. The second-order valence-corrected chi connectivity index (χ2v) is 5.16. The zero-order valence-electron chi connectivity index (χ0n) is 8.41. The van der Waals surface area contributed by atoms with Crippen LogP contribution in [0.5, 0.6) is 0 Å². The summed E-state index contributed by atoms with van der Waals surface area (Å²) in [5, 5.41) is 9.44. The summed E-state index contributed by atoms with van der Waals surface area (Å²) in [5.41, 5.74) is 2.79. The van der Waals surface area contributed by atoms with Crippen molar-refractivity contribution in [3.8, 4) is 5.69 Å². The van der Waals surface area contributed by atoms with Gasteiger partial charge in [0.25, 0.3) is 0 Å². The summed E-state index contributed by atoms with van der Waals surface area (Å²) < 4.78 is 2.65. The van der Waals surface area contributed by atoms with Gasteiger partial charge in [0.2, 0.25) is 0 Å². The molecule has 0 aliphatic rings. The van der Waals surface area contributed by atoms with Gasteiger partial charge in [-0.1, -0.05) is 32.7 Å². The van der Waals surface area contributed by atoms with E-state index in [4.69, 9.17) is 11.6 Å². The molecule has 0 radical (unpaired) electrons. The van der Waals surface area contributed by atoms with Gasteiger partial charge < -0.3 is 0 Å². The van der Waals surface area contributed by atoms with Crippen molar-refractivity contribution in [2.75, 3.05) is 0 Å². The highest BCUT2D eigenvalue weighted by atomic mass is 79.9. The zero-order chi connectivity index (χ0) is 11.7. The number of aryl methyl sites for hydroxylation is 1. The largest absolute Gasteiger partial charge is 0.219 e. The summed E-state index contributed by atoms with van der Waals surface area (Å²) in [4.78, 5) is 0. The monoisotopic (exact) mass is 363 g/mol. The maximum absolute atomic E-state index is 6.08. The van der Waals surface area contributed by atoms with Gasteiger partial charge >= 0.3 is 0 Å². The third-order valence-corrected chi connectivity index (χ3v) is 3.77. The highest BCUT2D eigenvalue weighted by Gasteiger charge is 2.08. The second kappa shape index (κ2) is 4.85. The van der Waals surface area contributed by atoms with Crippen molar-refractivity contribution in [3.05, 3.63) is 39.1 Å². The molecule has 0 saturated heterocycles. The molecule has 1 aromatic heterocycles. The summed E-state index contributed by atoms with van der Waals surface area (Å²) in [5.74, 6) is 0. The topological polar surface area (TPSA) is 30.7 Å². The summed E-state index contributed by atoms with van der Waals surface area (Å²) in [6, 6.07) is 3.83. The molecule has 0 unspecified atom stereocenters. The van der Waals surface area contributed by atoms with Gasteiger partial charge in [-0.2, -0.15) is 0 Å². The first-order chi connectivity index (χ1) is 7.61. The van der Waals surface area contributed by atoms with Gasteiger partial charge in [-0.25, -0.2) is 4.68 Å². The predicted molar refractivity (Wildman–Crippen MR) is 71.4 cm³/mol. The standard InChI is InChI=1S/C10H8Br2ClN3/c1-6-2-8(12)10(3-9(6)13)16-5-7(4-11)14-15-16/h2-3,5H,4H2,1H3. The first-order valence-electron chi connectivity index (χ1n) is 4.55. The summed E-state index contributed by atoms with van der Waals surface area (Å²) in [7, 11) is 0. The van der Waals surface area contributed by atoms with Crippen molar-refractivity contribution in [1.29, 1.82) is 0 Å². The van der Waals surface area contributed by atoms with Gasteiger partial charge in [0.15, 0.2) is 0 Å². The first kappa shape index (κ1) is 12.1. The SMILES string of the molecule is Cc1cc(Br)c(-n2cc(CBr)nn2)cc1Cl. The van der Waals surface area contributed by atoms with Gasteiger partial charge in [-0.3, -0.25) is 0 Å². The number of rotatable bonds is 2. The molecule has 0 aliphatic carbocycles. The highest BCUT2D eigenvalue weighted by Crippen LogP contribution is 2.27. The van der Waals surface area contributed by atoms with E-state index >= 15 is 0 Å². The van der Waals surface area contributed by atoms with Gasteiger partial charge in [0.1, 0.15) is 0 Å². The number of hydrogen-bond acceptors (Lipinski definition) is 2. The molecule has 1 heterocycles. The van der Waals surface area contributed by atoms with Gasteiger partial charge in [-0.05, 0) is 40.5 Å². The lowest BCUT2D eigenvalue weighted by atomic mass is 10.2. The molecule has 2 aromatic rings. The van der Waals surface area contributed by atoms with Crippen LogP contribution in [0.25, 0.3) is 5.69 Å². The van der Waals surface area contributed by atoms with Crippen LogP contribution in [-0.4, -0.2) is 15.0 Å². The van der Waals surface area contributed by atoms with Gasteiger partial charge in [0.05, 0.1) is 17.6 Å². The van der Waals surface area contributed by atoms with E-state index in [2.05, 4.69) is 42.2 Å². The van der Waals surface area contributed by atoms with Crippen LogP contribution < -0.4 is 0 Å². The van der Waals surface area contributed by atoms with Crippen LogP contribution in [0, 0.1) is 6.92 Å². The van der Waals surface area contributed by atoms with Crippen LogP contribution in [0.15, 0.2) is 22.8 Å². The van der Waals surface area contributed by atoms with Crippen molar-refractivity contribution in [1.82, 2.24) is 15.0 Å². The minimum atomic E-state index is 0.685. The summed E-state index contributed by atoms with van der Waals surface area (Å²) >= 11 is 12.9. The molecule has 0 bridgehead atoms. The van der Waals surface area contributed by atoms with E-state index in [1.807, 2.05) is 25.3 Å². The Labute approximate surface area is 115 Å². The number of alkyl halides is 1. The van der Waals surface area contributed by atoms with Crippen LogP contribution in [-0.2, 0) is 5.33 Å². The lowest BCUT2D eigenvalue weighted by Crippen LogP contribution is -1.97. The molecule has 0 aliphatic heterocycles. The fraction of sp³-hybridized carbons (Fsp3) is 0.200. The quantitative estimate of drug-likeness (QED) is 0.756. The van der Waals surface area contributed by atoms with E-state index in [1.165, 1.54) is 0 Å². The minimum Gasteiger partial charge on any atom is -0.219 e. The first-order valence-corrected chi connectivity index (χ1v) is 6.84. The molecular weight excluding hydrogens is 357 g/mol. The van der Waals surface area contributed by atoms with E-state index < -0.39 is 0 Å². The molecule has 6 heteroatoms. The second-order valence-electron chi connectivity index (χ2n) is 3.34. The third kappa shape index (κ3) is 2.31. The Bertz CT molecular complexity index is 525. The molecule has 0 amide bonds. The molecule has 84 valence electrons. The van der Waals surface area contributed by atoms with E-state index in [-0.39, 0.29) is 0 Å².